The second kappa shape index (κ2) is 7.38. The van der Waals surface area contributed by atoms with Crippen LogP contribution in [0.25, 0.3) is 0 Å². The maximum atomic E-state index is 8.67. The summed E-state index contributed by atoms with van der Waals surface area (Å²) in [5.74, 6) is 5.53. The van der Waals surface area contributed by atoms with E-state index in [2.05, 4.69) is 11.8 Å². The van der Waals surface area contributed by atoms with Crippen LogP contribution in [-0.4, -0.2) is 11.7 Å². The minimum atomic E-state index is -0.116. The minimum Gasteiger partial charge on any atom is -0.384 e. The van der Waals surface area contributed by atoms with Crippen molar-refractivity contribution in [3.05, 3.63) is 71.3 Å². The van der Waals surface area contributed by atoms with E-state index in [1.165, 1.54) is 5.56 Å². The predicted molar refractivity (Wildman–Crippen MR) is 75.3 cm³/mol. The molecule has 2 aromatic carbocycles. The molecule has 1 N–H and O–H groups in total. The largest absolute Gasteiger partial charge is 0.384 e. The van der Waals surface area contributed by atoms with Crippen molar-refractivity contribution in [1.29, 1.82) is 0 Å². The maximum absolute atomic E-state index is 8.67. The van der Waals surface area contributed by atoms with Crippen molar-refractivity contribution in [2.24, 2.45) is 0 Å². The fourth-order valence-corrected chi connectivity index (χ4v) is 1.74. The maximum Gasteiger partial charge on any atom is 0.104 e. The van der Waals surface area contributed by atoms with Gasteiger partial charge in [0, 0.05) is 5.56 Å². The Morgan fingerprint density at radius 2 is 1.63 bits per heavy atom. The molecule has 19 heavy (non-hydrogen) atoms. The van der Waals surface area contributed by atoms with Gasteiger partial charge in [-0.1, -0.05) is 54.3 Å². The Labute approximate surface area is 113 Å². The molecule has 0 saturated heterocycles. The van der Waals surface area contributed by atoms with E-state index in [-0.39, 0.29) is 6.61 Å². The molecule has 0 spiro atoms. The molecule has 0 radical (unpaired) electrons. The summed E-state index contributed by atoms with van der Waals surface area (Å²) < 4.78 is 5.67. The fraction of sp³-hybridized carbons (Fsp3) is 0.176. The van der Waals surface area contributed by atoms with E-state index in [1.807, 2.05) is 54.6 Å². The molecule has 0 unspecified atom stereocenters. The first-order valence-electron chi connectivity index (χ1n) is 6.19. The third-order valence-corrected chi connectivity index (χ3v) is 2.62. The van der Waals surface area contributed by atoms with Crippen molar-refractivity contribution >= 4 is 0 Å². The van der Waals surface area contributed by atoms with Crippen molar-refractivity contribution in [2.75, 3.05) is 6.61 Å². The standard InChI is InChI=1S/C17H16O2/c18-11-5-10-15-8-4-9-17(12-15)14-19-13-16-6-2-1-3-7-16/h1-4,6-9,12,18H,11,13-14H2. The molecule has 0 amide bonds. The van der Waals surface area contributed by atoms with Gasteiger partial charge in [-0.15, -0.1) is 0 Å². The van der Waals surface area contributed by atoms with Gasteiger partial charge in [-0.3, -0.25) is 0 Å². The van der Waals surface area contributed by atoms with Gasteiger partial charge >= 0.3 is 0 Å². The highest BCUT2D eigenvalue weighted by Gasteiger charge is 1.96. The number of benzene rings is 2. The Bertz CT molecular complexity index is 565. The summed E-state index contributed by atoms with van der Waals surface area (Å²) in [5, 5.41) is 8.67. The van der Waals surface area contributed by atoms with Crippen molar-refractivity contribution in [3.63, 3.8) is 0 Å². The van der Waals surface area contributed by atoms with Gasteiger partial charge in [0.2, 0.25) is 0 Å². The van der Waals surface area contributed by atoms with E-state index in [9.17, 15) is 0 Å². The van der Waals surface area contributed by atoms with Crippen LogP contribution in [0, 0.1) is 11.8 Å². The molecule has 2 aromatic rings. The SMILES string of the molecule is OCC#Cc1cccc(COCc2ccccc2)c1. The predicted octanol–water partition coefficient (Wildman–Crippen LogP) is 2.75. The topological polar surface area (TPSA) is 29.5 Å². The first kappa shape index (κ1) is 13.4. The summed E-state index contributed by atoms with van der Waals surface area (Å²) in [6, 6.07) is 17.9. The summed E-state index contributed by atoms with van der Waals surface area (Å²) in [6.45, 7) is 1.05. The van der Waals surface area contributed by atoms with E-state index < -0.39 is 0 Å². The zero-order chi connectivity index (χ0) is 13.3. The van der Waals surface area contributed by atoms with E-state index in [0.717, 1.165) is 11.1 Å². The number of ether oxygens (including phenoxy) is 1. The van der Waals surface area contributed by atoms with Crippen LogP contribution in [0.15, 0.2) is 54.6 Å². The van der Waals surface area contributed by atoms with E-state index in [0.29, 0.717) is 13.2 Å². The number of hydrogen-bond donors (Lipinski definition) is 1. The Morgan fingerprint density at radius 3 is 2.42 bits per heavy atom. The van der Waals surface area contributed by atoms with Crippen molar-refractivity contribution in [3.8, 4) is 11.8 Å². The first-order valence-corrected chi connectivity index (χ1v) is 6.19. The lowest BCUT2D eigenvalue weighted by atomic mass is 10.1. The van der Waals surface area contributed by atoms with Crippen molar-refractivity contribution in [1.82, 2.24) is 0 Å². The molecule has 0 aliphatic rings. The lowest BCUT2D eigenvalue weighted by Gasteiger charge is -2.05. The van der Waals surface area contributed by atoms with E-state index in [1.54, 1.807) is 0 Å². The van der Waals surface area contributed by atoms with Crippen molar-refractivity contribution in [2.45, 2.75) is 13.2 Å². The van der Waals surface area contributed by atoms with Gasteiger partial charge in [-0.2, -0.15) is 0 Å². The van der Waals surface area contributed by atoms with E-state index in [4.69, 9.17) is 9.84 Å². The van der Waals surface area contributed by atoms with Gasteiger partial charge in [-0.25, -0.2) is 0 Å². The number of rotatable bonds is 4. The van der Waals surface area contributed by atoms with Crippen LogP contribution in [0.2, 0.25) is 0 Å². The summed E-state index contributed by atoms with van der Waals surface area (Å²) in [4.78, 5) is 0. The van der Waals surface area contributed by atoms with Gasteiger partial charge in [0.15, 0.2) is 0 Å². The molecule has 0 heterocycles. The summed E-state index contributed by atoms with van der Waals surface area (Å²) in [7, 11) is 0. The lowest BCUT2D eigenvalue weighted by molar-refractivity contribution is 0.107. The monoisotopic (exact) mass is 252 g/mol. The Morgan fingerprint density at radius 1 is 0.895 bits per heavy atom. The second-order valence-corrected chi connectivity index (χ2v) is 4.14. The molecule has 96 valence electrons. The zero-order valence-electron chi connectivity index (χ0n) is 10.7. The van der Waals surface area contributed by atoms with Gasteiger partial charge in [0.05, 0.1) is 13.2 Å². The van der Waals surface area contributed by atoms with Crippen LogP contribution in [-0.2, 0) is 18.0 Å². The molecule has 2 heteroatoms. The quantitative estimate of drug-likeness (QED) is 0.848. The third-order valence-electron chi connectivity index (χ3n) is 2.62. The molecule has 2 rings (SSSR count). The summed E-state index contributed by atoms with van der Waals surface area (Å²) >= 11 is 0. The number of aliphatic hydroxyl groups is 1. The molecular formula is C17H16O2. The number of hydrogen-bond acceptors (Lipinski definition) is 2. The second-order valence-electron chi connectivity index (χ2n) is 4.14. The fourth-order valence-electron chi connectivity index (χ4n) is 1.74. The molecule has 0 aliphatic heterocycles. The molecule has 0 aliphatic carbocycles. The van der Waals surface area contributed by atoms with Crippen LogP contribution in [0.4, 0.5) is 0 Å². The molecular weight excluding hydrogens is 236 g/mol. The third kappa shape index (κ3) is 4.59. The van der Waals surface area contributed by atoms with Crippen LogP contribution in [0.5, 0.6) is 0 Å². The molecule has 0 saturated carbocycles. The van der Waals surface area contributed by atoms with Gasteiger partial charge < -0.3 is 9.84 Å². The highest BCUT2D eigenvalue weighted by molar-refractivity contribution is 5.36. The Hall–Kier alpha value is -2.08. The van der Waals surface area contributed by atoms with Crippen LogP contribution in [0.1, 0.15) is 16.7 Å². The lowest BCUT2D eigenvalue weighted by Crippen LogP contribution is -1.94. The Balaban J connectivity index is 1.89. The van der Waals surface area contributed by atoms with Gasteiger partial charge in [-0.05, 0) is 23.3 Å². The average Bonchev–Trinajstić information content (AvgIpc) is 2.47. The highest BCUT2D eigenvalue weighted by atomic mass is 16.5. The summed E-state index contributed by atoms with van der Waals surface area (Å²) in [5.41, 5.74) is 3.15. The summed E-state index contributed by atoms with van der Waals surface area (Å²) in [6.07, 6.45) is 0. The minimum absolute atomic E-state index is 0.116. The zero-order valence-corrected chi connectivity index (χ0v) is 10.7. The molecule has 0 fully saturated rings. The molecule has 0 bridgehead atoms. The molecule has 2 nitrogen and oxygen atoms in total. The molecule has 0 atom stereocenters. The van der Waals surface area contributed by atoms with Crippen LogP contribution < -0.4 is 0 Å². The molecule has 0 aromatic heterocycles. The van der Waals surface area contributed by atoms with Gasteiger partial charge in [0.25, 0.3) is 0 Å². The first-order chi connectivity index (χ1) is 9.38. The smallest absolute Gasteiger partial charge is 0.104 e. The number of aliphatic hydroxyl groups excluding tert-OH is 1. The normalized spacial score (nSPS) is 9.74. The van der Waals surface area contributed by atoms with Crippen LogP contribution >= 0.6 is 0 Å². The van der Waals surface area contributed by atoms with Crippen molar-refractivity contribution < 1.29 is 9.84 Å². The Kier molecular flexibility index (Phi) is 5.18. The highest BCUT2D eigenvalue weighted by Crippen LogP contribution is 2.08. The van der Waals surface area contributed by atoms with Crippen LogP contribution in [0.3, 0.4) is 0 Å². The average molecular weight is 252 g/mol. The van der Waals surface area contributed by atoms with E-state index >= 15 is 0 Å². The van der Waals surface area contributed by atoms with Gasteiger partial charge in [0.1, 0.15) is 6.61 Å².